The van der Waals surface area contributed by atoms with E-state index in [0.29, 0.717) is 30.3 Å². The molecule has 8 nitrogen and oxygen atoms in total. The second-order valence-electron chi connectivity index (χ2n) is 5.00. The number of nitrogens with zero attached hydrogens (tertiary/aromatic N) is 4. The third-order valence-corrected chi connectivity index (χ3v) is 3.43. The molecule has 8 heteroatoms. The van der Waals surface area contributed by atoms with Gasteiger partial charge in [-0.15, -0.1) is 0 Å². The standard InChI is InChI=1S/C16H17N5O3/c1-23-7-6-21-14(22)10-17-13-9-18-16(20-15(13)21)19-11-4-3-5-12(8-11)24-2/h3-5,8-10H,6-7H2,1-2H3,(H,18,19,20). The van der Waals surface area contributed by atoms with Crippen molar-refractivity contribution in [3.8, 4) is 5.75 Å². The van der Waals surface area contributed by atoms with Gasteiger partial charge in [-0.1, -0.05) is 6.07 Å². The second-order valence-corrected chi connectivity index (χ2v) is 5.00. The van der Waals surface area contributed by atoms with Crippen molar-refractivity contribution >= 4 is 22.8 Å². The van der Waals surface area contributed by atoms with E-state index >= 15 is 0 Å². The Labute approximate surface area is 138 Å². The van der Waals surface area contributed by atoms with E-state index in [1.807, 2.05) is 24.3 Å². The molecule has 2 heterocycles. The monoisotopic (exact) mass is 327 g/mol. The maximum atomic E-state index is 12.0. The van der Waals surface area contributed by atoms with Crippen LogP contribution in [0.15, 0.2) is 41.5 Å². The van der Waals surface area contributed by atoms with E-state index in [0.717, 1.165) is 11.4 Å². The molecule has 124 valence electrons. The van der Waals surface area contributed by atoms with Crippen molar-refractivity contribution in [2.24, 2.45) is 0 Å². The molecule has 0 aliphatic carbocycles. The molecule has 0 amide bonds. The second kappa shape index (κ2) is 7.05. The summed E-state index contributed by atoms with van der Waals surface area (Å²) in [7, 11) is 3.19. The Morgan fingerprint density at radius 1 is 1.21 bits per heavy atom. The van der Waals surface area contributed by atoms with Gasteiger partial charge in [-0.25, -0.2) is 9.97 Å². The van der Waals surface area contributed by atoms with Gasteiger partial charge in [-0.3, -0.25) is 9.36 Å². The molecule has 1 N–H and O–H groups in total. The minimum Gasteiger partial charge on any atom is -0.497 e. The van der Waals surface area contributed by atoms with Gasteiger partial charge >= 0.3 is 0 Å². The maximum Gasteiger partial charge on any atom is 0.270 e. The Kier molecular flexibility index (Phi) is 4.66. The van der Waals surface area contributed by atoms with Gasteiger partial charge in [-0.2, -0.15) is 4.98 Å². The predicted molar refractivity (Wildman–Crippen MR) is 89.7 cm³/mol. The number of rotatable bonds is 6. The first-order valence-electron chi connectivity index (χ1n) is 7.34. The molecule has 3 rings (SSSR count). The molecule has 0 aliphatic heterocycles. The zero-order valence-corrected chi connectivity index (χ0v) is 13.4. The normalized spacial score (nSPS) is 10.8. The lowest BCUT2D eigenvalue weighted by molar-refractivity contribution is 0.187. The first-order chi connectivity index (χ1) is 11.7. The van der Waals surface area contributed by atoms with Gasteiger partial charge in [0.15, 0.2) is 5.65 Å². The van der Waals surface area contributed by atoms with Gasteiger partial charge < -0.3 is 14.8 Å². The highest BCUT2D eigenvalue weighted by molar-refractivity contribution is 5.71. The van der Waals surface area contributed by atoms with Gasteiger partial charge in [0.25, 0.3) is 5.56 Å². The summed E-state index contributed by atoms with van der Waals surface area (Å²) in [5.41, 5.74) is 1.55. The van der Waals surface area contributed by atoms with E-state index in [1.54, 1.807) is 20.4 Å². The summed E-state index contributed by atoms with van der Waals surface area (Å²) in [5.74, 6) is 1.09. The Hall–Kier alpha value is -3.00. The molecule has 0 unspecified atom stereocenters. The number of benzene rings is 1. The zero-order valence-electron chi connectivity index (χ0n) is 13.4. The maximum absolute atomic E-state index is 12.0. The summed E-state index contributed by atoms with van der Waals surface area (Å²) in [4.78, 5) is 24.8. The number of nitrogens with one attached hydrogen (secondary N) is 1. The van der Waals surface area contributed by atoms with Crippen LogP contribution in [-0.2, 0) is 11.3 Å². The third-order valence-electron chi connectivity index (χ3n) is 3.43. The van der Waals surface area contributed by atoms with E-state index in [9.17, 15) is 4.79 Å². The van der Waals surface area contributed by atoms with Crippen LogP contribution in [0.3, 0.4) is 0 Å². The van der Waals surface area contributed by atoms with Crippen LogP contribution in [0, 0.1) is 0 Å². The topological polar surface area (TPSA) is 91.2 Å². The summed E-state index contributed by atoms with van der Waals surface area (Å²) >= 11 is 0. The number of hydrogen-bond donors (Lipinski definition) is 1. The summed E-state index contributed by atoms with van der Waals surface area (Å²) in [6, 6.07) is 7.41. The molecular formula is C16H17N5O3. The molecule has 0 saturated carbocycles. The fourth-order valence-electron chi connectivity index (χ4n) is 2.24. The lowest BCUT2D eigenvalue weighted by Gasteiger charge is -2.10. The van der Waals surface area contributed by atoms with Crippen molar-refractivity contribution in [2.75, 3.05) is 26.1 Å². The number of anilines is 2. The van der Waals surface area contributed by atoms with Crippen LogP contribution >= 0.6 is 0 Å². The Balaban J connectivity index is 1.98. The van der Waals surface area contributed by atoms with Crippen molar-refractivity contribution in [1.29, 1.82) is 0 Å². The van der Waals surface area contributed by atoms with Crippen molar-refractivity contribution in [3.05, 3.63) is 47.0 Å². The smallest absolute Gasteiger partial charge is 0.270 e. The Morgan fingerprint density at radius 2 is 2.08 bits per heavy atom. The van der Waals surface area contributed by atoms with Crippen LogP contribution in [0.2, 0.25) is 0 Å². The molecule has 3 aromatic rings. The molecule has 24 heavy (non-hydrogen) atoms. The molecule has 0 aliphatic rings. The summed E-state index contributed by atoms with van der Waals surface area (Å²) in [6.07, 6.45) is 2.84. The van der Waals surface area contributed by atoms with E-state index in [1.165, 1.54) is 10.8 Å². The molecule has 2 aromatic heterocycles. The van der Waals surface area contributed by atoms with Gasteiger partial charge in [0.2, 0.25) is 5.95 Å². The van der Waals surface area contributed by atoms with Crippen LogP contribution in [0.1, 0.15) is 0 Å². The van der Waals surface area contributed by atoms with Crippen LogP contribution in [0.5, 0.6) is 5.75 Å². The fraction of sp³-hybridized carbons (Fsp3) is 0.250. The summed E-state index contributed by atoms with van der Waals surface area (Å²) in [6.45, 7) is 0.797. The molecule has 0 bridgehead atoms. The fourth-order valence-corrected chi connectivity index (χ4v) is 2.24. The highest BCUT2D eigenvalue weighted by atomic mass is 16.5. The summed E-state index contributed by atoms with van der Waals surface area (Å²) in [5, 5.41) is 3.10. The van der Waals surface area contributed by atoms with Gasteiger partial charge in [-0.05, 0) is 12.1 Å². The van der Waals surface area contributed by atoms with Gasteiger partial charge in [0.05, 0.1) is 32.7 Å². The average molecular weight is 327 g/mol. The first kappa shape index (κ1) is 15.9. The van der Waals surface area contributed by atoms with E-state index in [4.69, 9.17) is 9.47 Å². The minimum atomic E-state index is -0.231. The Morgan fingerprint density at radius 3 is 2.88 bits per heavy atom. The van der Waals surface area contributed by atoms with Crippen LogP contribution in [0.4, 0.5) is 11.6 Å². The van der Waals surface area contributed by atoms with Crippen molar-refractivity contribution < 1.29 is 9.47 Å². The molecule has 1 aromatic carbocycles. The number of hydrogen-bond acceptors (Lipinski definition) is 7. The van der Waals surface area contributed by atoms with Gasteiger partial charge in [0, 0.05) is 18.9 Å². The lowest BCUT2D eigenvalue weighted by Crippen LogP contribution is -2.23. The quantitative estimate of drug-likeness (QED) is 0.735. The average Bonchev–Trinajstić information content (AvgIpc) is 2.61. The van der Waals surface area contributed by atoms with Crippen LogP contribution in [0.25, 0.3) is 11.2 Å². The van der Waals surface area contributed by atoms with Crippen molar-refractivity contribution in [1.82, 2.24) is 19.5 Å². The number of methoxy groups -OCH3 is 2. The van der Waals surface area contributed by atoms with Crippen molar-refractivity contribution in [3.63, 3.8) is 0 Å². The molecule has 0 radical (unpaired) electrons. The minimum absolute atomic E-state index is 0.231. The molecule has 0 saturated heterocycles. The van der Waals surface area contributed by atoms with Crippen LogP contribution < -0.4 is 15.6 Å². The molecular weight excluding hydrogens is 310 g/mol. The van der Waals surface area contributed by atoms with Gasteiger partial charge in [0.1, 0.15) is 11.3 Å². The summed E-state index contributed by atoms with van der Waals surface area (Å²) < 4.78 is 11.8. The first-order valence-corrected chi connectivity index (χ1v) is 7.34. The molecule has 0 fully saturated rings. The molecule has 0 spiro atoms. The predicted octanol–water partition coefficient (Wildman–Crippen LogP) is 1.59. The lowest BCUT2D eigenvalue weighted by atomic mass is 10.3. The van der Waals surface area contributed by atoms with Crippen LogP contribution in [-0.4, -0.2) is 40.3 Å². The van der Waals surface area contributed by atoms with Crippen molar-refractivity contribution in [2.45, 2.75) is 6.54 Å². The highest BCUT2D eigenvalue weighted by Gasteiger charge is 2.08. The molecule has 0 atom stereocenters. The number of aromatic nitrogens is 4. The zero-order chi connectivity index (χ0) is 16.9. The highest BCUT2D eigenvalue weighted by Crippen LogP contribution is 2.20. The Bertz CT molecular complexity index is 910. The number of ether oxygens (including phenoxy) is 2. The number of fused-ring (bicyclic) bond motifs is 1. The SMILES string of the molecule is COCCn1c(=O)cnc2cnc(Nc3cccc(OC)c3)nc21. The largest absolute Gasteiger partial charge is 0.497 e. The van der Waals surface area contributed by atoms with E-state index in [-0.39, 0.29) is 5.56 Å². The third kappa shape index (κ3) is 3.33. The van der Waals surface area contributed by atoms with E-state index in [2.05, 4.69) is 20.3 Å². The van der Waals surface area contributed by atoms with E-state index < -0.39 is 0 Å².